The van der Waals surface area contributed by atoms with E-state index in [9.17, 15) is 4.79 Å². The largest absolute Gasteiger partial charge is 0.309 e. The van der Waals surface area contributed by atoms with E-state index in [0.717, 1.165) is 32.4 Å². The number of carbonyl (C=O) groups is 1. The molecule has 3 heteroatoms. The standard InChI is InChI=1S/C19H36N2O/c1-6-16(2)18(3)8-9-19(14-17(18)22)10-13-21(15-19)12-7-11-20(4)5/h16H,6-15H2,1-5H3. The van der Waals surface area contributed by atoms with Crippen molar-refractivity contribution >= 4 is 5.78 Å². The van der Waals surface area contributed by atoms with Crippen molar-refractivity contribution < 1.29 is 4.79 Å². The Labute approximate surface area is 137 Å². The van der Waals surface area contributed by atoms with Gasteiger partial charge in [-0.05, 0) is 70.7 Å². The highest BCUT2D eigenvalue weighted by Gasteiger charge is 2.50. The van der Waals surface area contributed by atoms with E-state index in [2.05, 4.69) is 44.7 Å². The predicted molar refractivity (Wildman–Crippen MR) is 93.1 cm³/mol. The fraction of sp³-hybridized carbons (Fsp3) is 0.947. The van der Waals surface area contributed by atoms with Gasteiger partial charge in [-0.1, -0.05) is 27.2 Å². The smallest absolute Gasteiger partial charge is 0.139 e. The quantitative estimate of drug-likeness (QED) is 0.751. The molecule has 1 spiro atoms. The van der Waals surface area contributed by atoms with Crippen LogP contribution in [0.3, 0.4) is 0 Å². The summed E-state index contributed by atoms with van der Waals surface area (Å²) in [5, 5.41) is 0. The molecule has 0 N–H and O–H groups in total. The van der Waals surface area contributed by atoms with Crippen molar-refractivity contribution in [2.24, 2.45) is 16.7 Å². The second kappa shape index (κ2) is 7.00. The lowest BCUT2D eigenvalue weighted by Crippen LogP contribution is -2.45. The zero-order chi connectivity index (χ0) is 16.4. The van der Waals surface area contributed by atoms with Gasteiger partial charge < -0.3 is 9.80 Å². The fourth-order valence-electron chi connectivity index (χ4n) is 4.44. The highest BCUT2D eigenvalue weighted by atomic mass is 16.1. The Kier molecular flexibility index (Phi) is 5.71. The first-order valence-corrected chi connectivity index (χ1v) is 9.22. The predicted octanol–water partition coefficient (Wildman–Crippen LogP) is 3.44. The van der Waals surface area contributed by atoms with Crippen LogP contribution >= 0.6 is 0 Å². The molecule has 2 rings (SSSR count). The monoisotopic (exact) mass is 308 g/mol. The normalized spacial score (nSPS) is 34.7. The van der Waals surface area contributed by atoms with Gasteiger partial charge in [-0.15, -0.1) is 0 Å². The molecule has 0 aromatic carbocycles. The zero-order valence-electron chi connectivity index (χ0n) is 15.5. The van der Waals surface area contributed by atoms with E-state index in [0.29, 0.717) is 17.1 Å². The summed E-state index contributed by atoms with van der Waals surface area (Å²) in [6, 6.07) is 0. The molecule has 22 heavy (non-hydrogen) atoms. The van der Waals surface area contributed by atoms with Gasteiger partial charge >= 0.3 is 0 Å². The molecular formula is C19H36N2O. The van der Waals surface area contributed by atoms with Gasteiger partial charge in [0, 0.05) is 18.4 Å². The van der Waals surface area contributed by atoms with Gasteiger partial charge in [0.05, 0.1) is 0 Å². The van der Waals surface area contributed by atoms with Gasteiger partial charge in [-0.3, -0.25) is 4.79 Å². The third-order valence-corrected chi connectivity index (χ3v) is 6.64. The first kappa shape index (κ1) is 17.9. The van der Waals surface area contributed by atoms with Crippen molar-refractivity contribution in [1.82, 2.24) is 9.80 Å². The molecule has 0 bridgehead atoms. The summed E-state index contributed by atoms with van der Waals surface area (Å²) in [5.74, 6) is 1.07. The van der Waals surface area contributed by atoms with Crippen LogP contribution in [-0.4, -0.2) is 55.9 Å². The molecule has 0 radical (unpaired) electrons. The minimum atomic E-state index is -0.0572. The van der Waals surface area contributed by atoms with Crippen molar-refractivity contribution in [3.05, 3.63) is 0 Å². The van der Waals surface area contributed by atoms with Crippen molar-refractivity contribution in [3.8, 4) is 0 Å². The summed E-state index contributed by atoms with van der Waals surface area (Å²) in [4.78, 5) is 17.7. The van der Waals surface area contributed by atoms with E-state index in [1.54, 1.807) is 0 Å². The molecule has 2 fully saturated rings. The maximum atomic E-state index is 12.9. The molecule has 1 aliphatic heterocycles. The second-order valence-corrected chi connectivity index (χ2v) is 8.51. The summed E-state index contributed by atoms with van der Waals surface area (Å²) in [5.41, 5.74) is 0.251. The van der Waals surface area contributed by atoms with Crippen molar-refractivity contribution in [2.45, 2.75) is 59.3 Å². The molecule has 0 amide bonds. The molecule has 0 aromatic rings. The topological polar surface area (TPSA) is 23.6 Å². The number of ketones is 1. The summed E-state index contributed by atoms with van der Waals surface area (Å²) >= 11 is 0. The van der Waals surface area contributed by atoms with Crippen molar-refractivity contribution in [2.75, 3.05) is 40.3 Å². The summed E-state index contributed by atoms with van der Waals surface area (Å²) in [7, 11) is 4.28. The molecule has 3 nitrogen and oxygen atoms in total. The Bertz CT molecular complexity index is 395. The summed E-state index contributed by atoms with van der Waals surface area (Å²) in [6.07, 6.45) is 6.78. The van der Waals surface area contributed by atoms with Crippen molar-refractivity contribution in [3.63, 3.8) is 0 Å². The third-order valence-electron chi connectivity index (χ3n) is 6.64. The molecule has 128 valence electrons. The molecule has 1 aliphatic carbocycles. The SMILES string of the molecule is CCC(C)C1(C)CCC2(CCN(CCCN(C)C)C2)CC1=O. The number of rotatable bonds is 6. The molecule has 1 heterocycles. The van der Waals surface area contributed by atoms with Crippen LogP contribution in [0.4, 0.5) is 0 Å². The Balaban J connectivity index is 1.89. The van der Waals surface area contributed by atoms with Crippen LogP contribution in [-0.2, 0) is 4.79 Å². The van der Waals surface area contributed by atoms with E-state index in [-0.39, 0.29) is 5.41 Å². The number of hydrogen-bond donors (Lipinski definition) is 0. The van der Waals surface area contributed by atoms with Crippen LogP contribution in [0, 0.1) is 16.7 Å². The second-order valence-electron chi connectivity index (χ2n) is 8.51. The minimum absolute atomic E-state index is 0.0572. The Morgan fingerprint density at radius 3 is 2.59 bits per heavy atom. The van der Waals surface area contributed by atoms with Crippen LogP contribution in [0.1, 0.15) is 59.3 Å². The number of nitrogens with zero attached hydrogens (tertiary/aromatic N) is 2. The van der Waals surface area contributed by atoms with Gasteiger partial charge in [-0.25, -0.2) is 0 Å². The molecular weight excluding hydrogens is 272 g/mol. The van der Waals surface area contributed by atoms with Crippen LogP contribution < -0.4 is 0 Å². The Morgan fingerprint density at radius 2 is 2.00 bits per heavy atom. The molecule has 3 unspecified atom stereocenters. The molecule has 0 aromatic heterocycles. The van der Waals surface area contributed by atoms with E-state index in [1.165, 1.54) is 32.4 Å². The van der Waals surface area contributed by atoms with E-state index >= 15 is 0 Å². The number of Topliss-reactive ketones (excluding diaryl/α,β-unsaturated/α-hetero) is 1. The fourth-order valence-corrected chi connectivity index (χ4v) is 4.44. The maximum absolute atomic E-state index is 12.9. The van der Waals surface area contributed by atoms with E-state index in [1.807, 2.05) is 0 Å². The Morgan fingerprint density at radius 1 is 1.27 bits per heavy atom. The first-order chi connectivity index (χ1) is 10.3. The van der Waals surface area contributed by atoms with Gasteiger partial charge in [0.2, 0.25) is 0 Å². The summed E-state index contributed by atoms with van der Waals surface area (Å²) < 4.78 is 0. The van der Waals surface area contributed by atoms with Crippen LogP contribution in [0.2, 0.25) is 0 Å². The van der Waals surface area contributed by atoms with Gasteiger partial charge in [0.25, 0.3) is 0 Å². The van der Waals surface area contributed by atoms with Crippen molar-refractivity contribution in [1.29, 1.82) is 0 Å². The van der Waals surface area contributed by atoms with E-state index in [4.69, 9.17) is 0 Å². The highest BCUT2D eigenvalue weighted by Crippen LogP contribution is 2.51. The lowest BCUT2D eigenvalue weighted by atomic mass is 9.59. The molecule has 3 atom stereocenters. The number of carbonyl (C=O) groups excluding carboxylic acids is 1. The zero-order valence-corrected chi connectivity index (χ0v) is 15.5. The van der Waals surface area contributed by atoms with Gasteiger partial charge in [0.15, 0.2) is 0 Å². The first-order valence-electron chi connectivity index (χ1n) is 9.22. The van der Waals surface area contributed by atoms with E-state index < -0.39 is 0 Å². The lowest BCUT2D eigenvalue weighted by Gasteiger charge is -2.44. The molecule has 2 aliphatic rings. The van der Waals surface area contributed by atoms with Crippen LogP contribution in [0.5, 0.6) is 0 Å². The third kappa shape index (κ3) is 3.73. The average molecular weight is 309 g/mol. The highest BCUT2D eigenvalue weighted by molar-refractivity contribution is 5.86. The minimum Gasteiger partial charge on any atom is -0.309 e. The molecule has 1 saturated carbocycles. The van der Waals surface area contributed by atoms with Gasteiger partial charge in [-0.2, -0.15) is 0 Å². The summed E-state index contributed by atoms with van der Waals surface area (Å²) in [6.45, 7) is 11.4. The average Bonchev–Trinajstić information content (AvgIpc) is 2.85. The Hall–Kier alpha value is -0.410. The number of likely N-dealkylation sites (tertiary alicyclic amines) is 1. The van der Waals surface area contributed by atoms with Crippen LogP contribution in [0.15, 0.2) is 0 Å². The maximum Gasteiger partial charge on any atom is 0.139 e. The molecule has 1 saturated heterocycles. The lowest BCUT2D eigenvalue weighted by molar-refractivity contribution is -0.138. The van der Waals surface area contributed by atoms with Gasteiger partial charge in [0.1, 0.15) is 5.78 Å². The van der Waals surface area contributed by atoms with Crippen LogP contribution in [0.25, 0.3) is 0 Å². The number of hydrogen-bond acceptors (Lipinski definition) is 3.